The van der Waals surface area contributed by atoms with Crippen LogP contribution >= 0.6 is 0 Å². The predicted molar refractivity (Wildman–Crippen MR) is 93.3 cm³/mol. The van der Waals surface area contributed by atoms with Crippen LogP contribution in [0.3, 0.4) is 0 Å². The van der Waals surface area contributed by atoms with E-state index >= 15 is 0 Å². The van der Waals surface area contributed by atoms with Gasteiger partial charge in [0.2, 0.25) is 0 Å². The molecule has 0 aliphatic carbocycles. The Morgan fingerprint density at radius 2 is 1.70 bits per heavy atom. The summed E-state index contributed by atoms with van der Waals surface area (Å²) in [4.78, 5) is 0. The fourth-order valence-electron chi connectivity index (χ4n) is 2.46. The highest BCUT2D eigenvalue weighted by Crippen LogP contribution is 2.21. The minimum atomic E-state index is -1.03. The lowest BCUT2D eigenvalue weighted by Gasteiger charge is -2.16. The van der Waals surface area contributed by atoms with Crippen LogP contribution in [0.15, 0.2) is 48.5 Å². The normalized spacial score (nSPS) is 12.2. The molecule has 1 atom stereocenters. The predicted octanol–water partition coefficient (Wildman–Crippen LogP) is 5.70. The van der Waals surface area contributed by atoms with E-state index in [0.29, 0.717) is 11.3 Å². The first-order chi connectivity index (χ1) is 11.0. The maximum Gasteiger partial charge on any atom is 0.122 e. The standard InChI is InChI=1S/C20H24FNO/c1-4-18(5-2)23-19-11-9-15(10-12-19)20(22)17-8-6-7-16(13-17)14(3)21/h6-14,18,22H,4-5H2,1-3H3. The van der Waals surface area contributed by atoms with Gasteiger partial charge in [-0.3, -0.25) is 5.41 Å². The van der Waals surface area contributed by atoms with E-state index in [1.54, 1.807) is 18.2 Å². The molecule has 0 aliphatic rings. The number of hydrogen-bond donors (Lipinski definition) is 1. The van der Waals surface area contributed by atoms with E-state index in [-0.39, 0.29) is 6.10 Å². The second-order valence-corrected chi connectivity index (χ2v) is 5.70. The van der Waals surface area contributed by atoms with E-state index < -0.39 is 6.17 Å². The molecule has 2 nitrogen and oxygen atoms in total. The zero-order valence-corrected chi connectivity index (χ0v) is 14.0. The molecule has 0 heterocycles. The molecule has 0 amide bonds. The highest BCUT2D eigenvalue weighted by Gasteiger charge is 2.10. The van der Waals surface area contributed by atoms with Crippen LogP contribution in [0, 0.1) is 5.41 Å². The van der Waals surface area contributed by atoms with Gasteiger partial charge in [0.05, 0.1) is 11.8 Å². The summed E-state index contributed by atoms with van der Waals surface area (Å²) in [5.41, 5.74) is 2.51. The van der Waals surface area contributed by atoms with Gasteiger partial charge in [-0.2, -0.15) is 0 Å². The zero-order chi connectivity index (χ0) is 16.8. The molecule has 2 rings (SSSR count). The average molecular weight is 313 g/mol. The molecule has 2 aromatic carbocycles. The summed E-state index contributed by atoms with van der Waals surface area (Å²) in [5, 5.41) is 8.33. The summed E-state index contributed by atoms with van der Waals surface area (Å²) in [7, 11) is 0. The van der Waals surface area contributed by atoms with Crippen molar-refractivity contribution in [2.75, 3.05) is 0 Å². The molecule has 122 valence electrons. The Balaban J connectivity index is 2.15. The van der Waals surface area contributed by atoms with Gasteiger partial charge in [0.25, 0.3) is 0 Å². The van der Waals surface area contributed by atoms with Gasteiger partial charge in [-0.25, -0.2) is 4.39 Å². The van der Waals surface area contributed by atoms with Crippen molar-refractivity contribution in [2.24, 2.45) is 0 Å². The third kappa shape index (κ3) is 4.41. The Hall–Kier alpha value is -2.16. The van der Waals surface area contributed by atoms with Crippen LogP contribution in [-0.4, -0.2) is 11.8 Å². The number of alkyl halides is 1. The molecule has 2 aromatic rings. The van der Waals surface area contributed by atoms with Crippen LogP contribution in [-0.2, 0) is 0 Å². The van der Waals surface area contributed by atoms with Crippen molar-refractivity contribution in [1.29, 1.82) is 5.41 Å². The van der Waals surface area contributed by atoms with Gasteiger partial charge in [-0.15, -0.1) is 0 Å². The number of ether oxygens (including phenoxy) is 1. The van der Waals surface area contributed by atoms with Crippen molar-refractivity contribution < 1.29 is 9.13 Å². The Morgan fingerprint density at radius 1 is 1.04 bits per heavy atom. The monoisotopic (exact) mass is 313 g/mol. The lowest BCUT2D eigenvalue weighted by atomic mass is 9.99. The fourth-order valence-corrected chi connectivity index (χ4v) is 2.46. The first kappa shape index (κ1) is 17.2. The molecule has 1 unspecified atom stereocenters. The maximum atomic E-state index is 13.4. The summed E-state index contributed by atoms with van der Waals surface area (Å²) < 4.78 is 19.3. The Bertz CT molecular complexity index is 645. The minimum absolute atomic E-state index is 0.225. The van der Waals surface area contributed by atoms with Crippen molar-refractivity contribution in [3.05, 3.63) is 65.2 Å². The highest BCUT2D eigenvalue weighted by atomic mass is 19.1. The van der Waals surface area contributed by atoms with Crippen LogP contribution in [0.4, 0.5) is 4.39 Å². The highest BCUT2D eigenvalue weighted by molar-refractivity contribution is 6.10. The molecule has 0 spiro atoms. The van der Waals surface area contributed by atoms with Crippen molar-refractivity contribution in [3.63, 3.8) is 0 Å². The first-order valence-electron chi connectivity index (χ1n) is 8.15. The van der Waals surface area contributed by atoms with E-state index in [9.17, 15) is 4.39 Å². The van der Waals surface area contributed by atoms with Gasteiger partial charge in [-0.05, 0) is 55.7 Å². The fraction of sp³-hybridized carbons (Fsp3) is 0.350. The molecule has 0 saturated carbocycles. The van der Waals surface area contributed by atoms with Crippen LogP contribution in [0.1, 0.15) is 56.5 Å². The number of nitrogens with one attached hydrogen (secondary N) is 1. The van der Waals surface area contributed by atoms with Gasteiger partial charge < -0.3 is 4.74 Å². The minimum Gasteiger partial charge on any atom is -0.490 e. The smallest absolute Gasteiger partial charge is 0.122 e. The third-order valence-electron chi connectivity index (χ3n) is 3.99. The van der Waals surface area contributed by atoms with E-state index in [1.165, 1.54) is 6.92 Å². The third-order valence-corrected chi connectivity index (χ3v) is 3.99. The molecule has 23 heavy (non-hydrogen) atoms. The molecule has 3 heteroatoms. The number of rotatable bonds is 7. The average Bonchev–Trinajstić information content (AvgIpc) is 2.59. The lowest BCUT2D eigenvalue weighted by Crippen LogP contribution is -2.13. The van der Waals surface area contributed by atoms with Gasteiger partial charge in [-0.1, -0.05) is 32.0 Å². The molecular weight excluding hydrogens is 289 g/mol. The maximum absolute atomic E-state index is 13.4. The molecule has 0 fully saturated rings. The van der Waals surface area contributed by atoms with E-state index in [2.05, 4.69) is 13.8 Å². The summed E-state index contributed by atoms with van der Waals surface area (Å²) in [6, 6.07) is 14.7. The van der Waals surface area contributed by atoms with Crippen LogP contribution in [0.2, 0.25) is 0 Å². The van der Waals surface area contributed by atoms with Gasteiger partial charge in [0.15, 0.2) is 0 Å². The van der Waals surface area contributed by atoms with Crippen molar-refractivity contribution in [2.45, 2.75) is 45.9 Å². The quantitative estimate of drug-likeness (QED) is 0.653. The van der Waals surface area contributed by atoms with Crippen molar-refractivity contribution in [3.8, 4) is 5.75 Å². The summed E-state index contributed by atoms with van der Waals surface area (Å²) in [5.74, 6) is 0.821. The number of benzene rings is 2. The topological polar surface area (TPSA) is 33.1 Å². The van der Waals surface area contributed by atoms with Crippen LogP contribution < -0.4 is 4.74 Å². The van der Waals surface area contributed by atoms with Crippen molar-refractivity contribution >= 4 is 5.71 Å². The Labute approximate surface area is 137 Å². The second-order valence-electron chi connectivity index (χ2n) is 5.70. The lowest BCUT2D eigenvalue weighted by molar-refractivity contribution is 0.193. The van der Waals surface area contributed by atoms with Crippen LogP contribution in [0.25, 0.3) is 0 Å². The molecule has 0 radical (unpaired) electrons. The van der Waals surface area contributed by atoms with Gasteiger partial charge in [0.1, 0.15) is 11.9 Å². The van der Waals surface area contributed by atoms with E-state index in [0.717, 1.165) is 29.7 Å². The molecular formula is C20H24FNO. The molecule has 0 bridgehead atoms. The molecule has 0 aliphatic heterocycles. The number of halogens is 1. The van der Waals surface area contributed by atoms with Gasteiger partial charge in [0, 0.05) is 11.1 Å². The van der Waals surface area contributed by atoms with E-state index in [4.69, 9.17) is 10.1 Å². The van der Waals surface area contributed by atoms with Crippen LogP contribution in [0.5, 0.6) is 5.75 Å². The molecule has 0 saturated heterocycles. The summed E-state index contributed by atoms with van der Waals surface area (Å²) >= 11 is 0. The van der Waals surface area contributed by atoms with Gasteiger partial charge >= 0.3 is 0 Å². The van der Waals surface area contributed by atoms with E-state index in [1.807, 2.05) is 30.3 Å². The largest absolute Gasteiger partial charge is 0.490 e. The Kier molecular flexibility index (Phi) is 5.91. The summed E-state index contributed by atoms with van der Waals surface area (Å²) in [6.07, 6.45) is 1.14. The zero-order valence-electron chi connectivity index (χ0n) is 14.0. The number of hydrogen-bond acceptors (Lipinski definition) is 2. The summed E-state index contributed by atoms with van der Waals surface area (Å²) in [6.45, 7) is 5.72. The molecule has 0 aromatic heterocycles. The first-order valence-corrected chi connectivity index (χ1v) is 8.15. The second kappa shape index (κ2) is 7.91. The SMILES string of the molecule is CCC(CC)Oc1ccc(C(=N)c2cccc(C(C)F)c2)cc1. The molecule has 1 N–H and O–H groups in total. The van der Waals surface area contributed by atoms with Crippen molar-refractivity contribution in [1.82, 2.24) is 0 Å². The Morgan fingerprint density at radius 3 is 2.26 bits per heavy atom.